The molecule has 6 heteroatoms. The average Bonchev–Trinajstić information content (AvgIpc) is 3.18. The third-order valence-corrected chi connectivity index (χ3v) is 4.77. The normalized spacial score (nSPS) is 18.6. The molecule has 1 atom stereocenters. The molecule has 2 aliphatic rings. The van der Waals surface area contributed by atoms with Crippen molar-refractivity contribution in [3.05, 3.63) is 65.5 Å². The highest BCUT2D eigenvalue weighted by molar-refractivity contribution is 7.13. The van der Waals surface area contributed by atoms with Gasteiger partial charge in [0.15, 0.2) is 5.13 Å². The number of fused-ring (bicyclic) bond motifs is 1. The number of thiazole rings is 1. The number of allylic oxidation sites excluding steroid dienone is 3. The van der Waals surface area contributed by atoms with Crippen molar-refractivity contribution in [1.29, 1.82) is 0 Å². The van der Waals surface area contributed by atoms with Gasteiger partial charge in [0.2, 0.25) is 0 Å². The van der Waals surface area contributed by atoms with Gasteiger partial charge in [0, 0.05) is 23.0 Å². The summed E-state index contributed by atoms with van der Waals surface area (Å²) < 4.78 is 5.18. The van der Waals surface area contributed by atoms with Crippen molar-refractivity contribution in [3.8, 4) is 5.75 Å². The van der Waals surface area contributed by atoms with E-state index in [-0.39, 0.29) is 6.17 Å². The van der Waals surface area contributed by atoms with E-state index >= 15 is 0 Å². The van der Waals surface area contributed by atoms with Crippen LogP contribution in [-0.4, -0.2) is 23.2 Å². The van der Waals surface area contributed by atoms with Crippen LogP contribution in [0.2, 0.25) is 0 Å². The summed E-state index contributed by atoms with van der Waals surface area (Å²) in [6.45, 7) is 2.09. The Bertz CT molecular complexity index is 835. The predicted molar refractivity (Wildman–Crippen MR) is 98.0 cm³/mol. The van der Waals surface area contributed by atoms with Crippen LogP contribution in [0.15, 0.2) is 59.8 Å². The molecular weight excluding hydrogens is 320 g/mol. The molecular formula is C18H18N4OS. The Kier molecular flexibility index (Phi) is 3.74. The Hall–Kier alpha value is -2.73. The first kappa shape index (κ1) is 14.8. The number of aromatic nitrogens is 1. The van der Waals surface area contributed by atoms with Crippen molar-refractivity contribution in [3.63, 3.8) is 0 Å². The molecule has 0 aliphatic carbocycles. The number of nitrogens with one attached hydrogen (secondary N) is 2. The molecule has 0 bridgehead atoms. The fraction of sp³-hybridized carbons (Fsp3) is 0.167. The topological polar surface area (TPSA) is 49.4 Å². The highest BCUT2D eigenvalue weighted by Crippen LogP contribution is 2.34. The van der Waals surface area contributed by atoms with Crippen LogP contribution in [0.25, 0.3) is 5.70 Å². The van der Waals surface area contributed by atoms with Gasteiger partial charge in [-0.25, -0.2) is 4.98 Å². The molecule has 2 N–H and O–H groups in total. The van der Waals surface area contributed by atoms with Gasteiger partial charge in [-0.1, -0.05) is 6.08 Å². The first-order valence-corrected chi connectivity index (χ1v) is 8.60. The molecule has 1 unspecified atom stereocenters. The Morgan fingerprint density at radius 2 is 2.08 bits per heavy atom. The van der Waals surface area contributed by atoms with Gasteiger partial charge in [-0.3, -0.25) is 0 Å². The third kappa shape index (κ3) is 2.65. The van der Waals surface area contributed by atoms with E-state index in [1.165, 1.54) is 0 Å². The molecule has 0 amide bonds. The van der Waals surface area contributed by atoms with Crippen molar-refractivity contribution in [2.75, 3.05) is 12.4 Å². The van der Waals surface area contributed by atoms with Gasteiger partial charge < -0.3 is 20.3 Å². The maximum absolute atomic E-state index is 5.18. The van der Waals surface area contributed by atoms with Crippen LogP contribution in [-0.2, 0) is 0 Å². The summed E-state index contributed by atoms with van der Waals surface area (Å²) in [7, 11) is 1.67. The number of hydrogen-bond acceptors (Lipinski definition) is 6. The molecule has 2 aromatic rings. The fourth-order valence-electron chi connectivity index (χ4n) is 2.87. The molecule has 1 aromatic heterocycles. The van der Waals surface area contributed by atoms with Crippen LogP contribution in [0.1, 0.15) is 12.6 Å². The van der Waals surface area contributed by atoms with E-state index in [0.717, 1.165) is 33.7 Å². The number of benzene rings is 1. The van der Waals surface area contributed by atoms with Crippen LogP contribution in [0, 0.1) is 0 Å². The summed E-state index contributed by atoms with van der Waals surface area (Å²) in [6, 6.07) is 7.82. The van der Waals surface area contributed by atoms with E-state index in [2.05, 4.69) is 46.2 Å². The largest absolute Gasteiger partial charge is 0.497 e. The Morgan fingerprint density at radius 3 is 2.88 bits per heavy atom. The van der Waals surface area contributed by atoms with Gasteiger partial charge in [0.05, 0.1) is 12.8 Å². The number of nitrogens with zero attached hydrogens (tertiary/aromatic N) is 2. The number of ether oxygens (including phenoxy) is 1. The lowest BCUT2D eigenvalue weighted by atomic mass is 10.2. The average molecular weight is 338 g/mol. The lowest BCUT2D eigenvalue weighted by Gasteiger charge is -2.24. The van der Waals surface area contributed by atoms with Crippen molar-refractivity contribution >= 4 is 27.9 Å². The number of rotatable bonds is 4. The summed E-state index contributed by atoms with van der Waals surface area (Å²) in [5.74, 6) is 0.842. The summed E-state index contributed by atoms with van der Waals surface area (Å²) in [5, 5.41) is 9.77. The van der Waals surface area contributed by atoms with Crippen molar-refractivity contribution < 1.29 is 4.74 Å². The second-order valence-corrected chi connectivity index (χ2v) is 6.45. The van der Waals surface area contributed by atoms with Gasteiger partial charge in [0.25, 0.3) is 0 Å². The van der Waals surface area contributed by atoms with Gasteiger partial charge in [0.1, 0.15) is 17.6 Å². The van der Waals surface area contributed by atoms with Crippen molar-refractivity contribution in [2.45, 2.75) is 13.1 Å². The molecule has 0 saturated heterocycles. The van der Waals surface area contributed by atoms with Gasteiger partial charge in [-0.05, 0) is 43.3 Å². The minimum absolute atomic E-state index is 0.185. The molecule has 24 heavy (non-hydrogen) atoms. The molecule has 1 aromatic carbocycles. The monoisotopic (exact) mass is 338 g/mol. The summed E-state index contributed by atoms with van der Waals surface area (Å²) >= 11 is 1.60. The molecule has 5 nitrogen and oxygen atoms in total. The van der Waals surface area contributed by atoms with Crippen LogP contribution >= 0.6 is 11.3 Å². The van der Waals surface area contributed by atoms with Crippen LogP contribution in [0.4, 0.5) is 10.8 Å². The van der Waals surface area contributed by atoms with Crippen molar-refractivity contribution in [2.24, 2.45) is 0 Å². The molecule has 3 heterocycles. The Morgan fingerprint density at radius 1 is 1.25 bits per heavy atom. The van der Waals surface area contributed by atoms with Gasteiger partial charge in [-0.15, -0.1) is 11.3 Å². The summed E-state index contributed by atoms with van der Waals surface area (Å²) in [4.78, 5) is 6.96. The predicted octanol–water partition coefficient (Wildman–Crippen LogP) is 3.90. The first-order valence-electron chi connectivity index (χ1n) is 7.72. The van der Waals surface area contributed by atoms with Gasteiger partial charge in [-0.2, -0.15) is 0 Å². The van der Waals surface area contributed by atoms with Crippen LogP contribution in [0.5, 0.6) is 5.75 Å². The van der Waals surface area contributed by atoms with E-state index in [4.69, 9.17) is 9.72 Å². The number of hydrogen-bond donors (Lipinski definition) is 2. The highest BCUT2D eigenvalue weighted by Gasteiger charge is 2.29. The van der Waals surface area contributed by atoms with Gasteiger partial charge >= 0.3 is 0 Å². The van der Waals surface area contributed by atoms with E-state index in [0.29, 0.717) is 0 Å². The lowest BCUT2D eigenvalue weighted by Crippen LogP contribution is -2.32. The first-order chi connectivity index (χ1) is 11.7. The SMILES string of the molecule is COc1ccc(Nc2nc(C3=C(C)NC4C=CC=CN34)cs2)cc1. The maximum atomic E-state index is 5.18. The Labute approximate surface area is 145 Å². The smallest absolute Gasteiger partial charge is 0.187 e. The van der Waals surface area contributed by atoms with E-state index in [1.807, 2.05) is 30.3 Å². The standard InChI is InChI=1S/C18H18N4OS/c1-12-17(22-10-4-3-5-16(22)19-12)15-11-24-18(21-15)20-13-6-8-14(23-2)9-7-13/h3-11,16,19H,1-2H3,(H,20,21). The molecule has 122 valence electrons. The van der Waals surface area contributed by atoms with E-state index in [1.54, 1.807) is 18.4 Å². The minimum atomic E-state index is 0.185. The second kappa shape index (κ2) is 6.05. The highest BCUT2D eigenvalue weighted by atomic mass is 32.1. The second-order valence-electron chi connectivity index (χ2n) is 5.59. The maximum Gasteiger partial charge on any atom is 0.187 e. The van der Waals surface area contributed by atoms with Crippen molar-refractivity contribution in [1.82, 2.24) is 15.2 Å². The van der Waals surface area contributed by atoms with E-state index in [9.17, 15) is 0 Å². The van der Waals surface area contributed by atoms with Crippen LogP contribution < -0.4 is 15.4 Å². The minimum Gasteiger partial charge on any atom is -0.497 e. The van der Waals surface area contributed by atoms with E-state index < -0.39 is 0 Å². The zero-order valence-corrected chi connectivity index (χ0v) is 14.3. The molecule has 0 spiro atoms. The Balaban J connectivity index is 1.55. The number of anilines is 2. The fourth-order valence-corrected chi connectivity index (χ4v) is 3.59. The summed E-state index contributed by atoms with van der Waals surface area (Å²) in [6.07, 6.45) is 8.50. The molecule has 2 aliphatic heterocycles. The number of methoxy groups -OCH3 is 1. The molecule has 4 rings (SSSR count). The zero-order valence-electron chi connectivity index (χ0n) is 13.5. The molecule has 0 radical (unpaired) electrons. The molecule has 0 fully saturated rings. The quantitative estimate of drug-likeness (QED) is 0.885. The lowest BCUT2D eigenvalue weighted by molar-refractivity contribution is 0.415. The van der Waals surface area contributed by atoms with Crippen LogP contribution in [0.3, 0.4) is 0 Å². The zero-order chi connectivity index (χ0) is 16.5. The summed E-state index contributed by atoms with van der Waals surface area (Å²) in [5.41, 5.74) is 4.23. The molecule has 0 saturated carbocycles. The third-order valence-electron chi connectivity index (χ3n) is 4.02.